The minimum Gasteiger partial charge on any atom is -0.488 e. The van der Waals surface area contributed by atoms with Gasteiger partial charge in [-0.1, -0.05) is 63.2 Å². The summed E-state index contributed by atoms with van der Waals surface area (Å²) in [6.07, 6.45) is -4.47. The molecule has 0 unspecified atom stereocenters. The van der Waals surface area contributed by atoms with Crippen molar-refractivity contribution in [3.05, 3.63) is 89.0 Å². The minimum atomic E-state index is -4.47. The van der Waals surface area contributed by atoms with E-state index in [1.807, 2.05) is 24.3 Å². The predicted molar refractivity (Wildman–Crippen MR) is 113 cm³/mol. The van der Waals surface area contributed by atoms with Crippen molar-refractivity contribution in [2.24, 2.45) is 0 Å². The maximum Gasteiger partial charge on any atom is 0.416 e. The molecule has 0 aromatic heterocycles. The largest absolute Gasteiger partial charge is 0.488 e. The van der Waals surface area contributed by atoms with Crippen LogP contribution < -0.4 is 4.74 Å². The van der Waals surface area contributed by atoms with Crippen LogP contribution in [0.15, 0.2) is 66.7 Å². The van der Waals surface area contributed by atoms with Gasteiger partial charge in [0, 0.05) is 0 Å². The maximum atomic E-state index is 13.0. The Kier molecular flexibility index (Phi) is 6.11. The van der Waals surface area contributed by atoms with Gasteiger partial charge in [-0.05, 0) is 51.9 Å². The number of carbonyl (C=O) groups is 1. The molecule has 31 heavy (non-hydrogen) atoms. The van der Waals surface area contributed by atoms with E-state index in [-0.39, 0.29) is 28.9 Å². The molecule has 0 bridgehead atoms. The summed E-state index contributed by atoms with van der Waals surface area (Å²) in [5.41, 5.74) is 1.82. The van der Waals surface area contributed by atoms with Gasteiger partial charge in [0.05, 0.1) is 5.56 Å². The van der Waals surface area contributed by atoms with Crippen molar-refractivity contribution in [1.82, 2.24) is 0 Å². The monoisotopic (exact) mass is 428 g/mol. The van der Waals surface area contributed by atoms with Crippen LogP contribution in [0, 0.1) is 0 Å². The lowest BCUT2D eigenvalue weighted by Gasteiger charge is -2.19. The molecular weight excluding hydrogens is 405 g/mol. The van der Waals surface area contributed by atoms with Crippen molar-refractivity contribution < 1.29 is 27.8 Å². The van der Waals surface area contributed by atoms with Crippen LogP contribution in [-0.4, -0.2) is 11.1 Å². The molecule has 162 valence electrons. The van der Waals surface area contributed by atoms with Crippen molar-refractivity contribution in [3.63, 3.8) is 0 Å². The van der Waals surface area contributed by atoms with Crippen LogP contribution in [0.4, 0.5) is 13.2 Å². The van der Waals surface area contributed by atoms with Crippen molar-refractivity contribution in [3.8, 4) is 16.9 Å². The Labute approximate surface area is 179 Å². The SMILES string of the molecule is CC(C)(C)c1ccc(COc2ccc(-c3cccc(C(F)(F)F)c3)cc2C(=O)O)cc1. The fourth-order valence-corrected chi connectivity index (χ4v) is 3.14. The van der Waals surface area contributed by atoms with Crippen LogP contribution in [-0.2, 0) is 18.2 Å². The standard InChI is InChI=1S/C25H23F3O3/c1-24(2,3)19-10-7-16(8-11-19)15-31-22-12-9-18(14-21(22)23(29)30)17-5-4-6-20(13-17)25(26,27)28/h4-14H,15H2,1-3H3,(H,29,30). The summed E-state index contributed by atoms with van der Waals surface area (Å²) in [4.78, 5) is 11.7. The van der Waals surface area contributed by atoms with E-state index in [1.54, 1.807) is 6.07 Å². The molecule has 0 amide bonds. The number of alkyl halides is 3. The van der Waals surface area contributed by atoms with Gasteiger partial charge in [-0.25, -0.2) is 4.79 Å². The Hall–Kier alpha value is -3.28. The third kappa shape index (κ3) is 5.45. The number of carboxylic acid groups (broad SMARTS) is 1. The summed E-state index contributed by atoms with van der Waals surface area (Å²) in [7, 11) is 0. The number of benzene rings is 3. The van der Waals surface area contributed by atoms with E-state index >= 15 is 0 Å². The summed E-state index contributed by atoms with van der Waals surface area (Å²) in [5.74, 6) is -1.06. The van der Waals surface area contributed by atoms with Crippen LogP contribution in [0.1, 0.15) is 47.8 Å². The molecule has 3 rings (SSSR count). The Morgan fingerprint density at radius 2 is 1.52 bits per heavy atom. The van der Waals surface area contributed by atoms with Crippen molar-refractivity contribution in [2.45, 2.75) is 39.0 Å². The van der Waals surface area contributed by atoms with Crippen LogP contribution in [0.5, 0.6) is 5.75 Å². The van der Waals surface area contributed by atoms with Crippen molar-refractivity contribution in [2.75, 3.05) is 0 Å². The number of hydrogen-bond acceptors (Lipinski definition) is 2. The molecule has 0 saturated heterocycles. The summed E-state index contributed by atoms with van der Waals surface area (Å²) < 4.78 is 44.7. The van der Waals surface area contributed by atoms with E-state index in [2.05, 4.69) is 20.8 Å². The van der Waals surface area contributed by atoms with E-state index in [1.165, 1.54) is 29.8 Å². The Balaban J connectivity index is 1.84. The summed E-state index contributed by atoms with van der Waals surface area (Å²) in [6, 6.07) is 17.0. The van der Waals surface area contributed by atoms with E-state index in [4.69, 9.17) is 4.74 Å². The van der Waals surface area contributed by atoms with Gasteiger partial charge in [0.25, 0.3) is 0 Å². The van der Waals surface area contributed by atoms with E-state index in [0.29, 0.717) is 5.56 Å². The van der Waals surface area contributed by atoms with Crippen molar-refractivity contribution in [1.29, 1.82) is 0 Å². The fraction of sp³-hybridized carbons (Fsp3) is 0.240. The number of rotatable bonds is 5. The van der Waals surface area contributed by atoms with E-state index < -0.39 is 17.7 Å². The smallest absolute Gasteiger partial charge is 0.416 e. The summed E-state index contributed by atoms with van der Waals surface area (Å²) in [6.45, 7) is 6.52. The van der Waals surface area contributed by atoms with E-state index in [0.717, 1.165) is 17.7 Å². The molecule has 0 radical (unpaired) electrons. The molecule has 1 N–H and O–H groups in total. The third-order valence-electron chi connectivity index (χ3n) is 4.95. The third-order valence-corrected chi connectivity index (χ3v) is 4.95. The average Bonchev–Trinajstić information content (AvgIpc) is 2.71. The Morgan fingerprint density at radius 3 is 2.10 bits per heavy atom. The molecule has 3 aromatic carbocycles. The zero-order chi connectivity index (χ0) is 22.8. The molecule has 0 aliphatic heterocycles. The van der Waals surface area contributed by atoms with Crippen LogP contribution in [0.2, 0.25) is 0 Å². The normalized spacial score (nSPS) is 11.9. The van der Waals surface area contributed by atoms with Gasteiger partial charge in [-0.15, -0.1) is 0 Å². The lowest BCUT2D eigenvalue weighted by Crippen LogP contribution is -2.11. The Bertz CT molecular complexity index is 1080. The number of ether oxygens (including phenoxy) is 1. The molecule has 0 saturated carbocycles. The van der Waals surface area contributed by atoms with Crippen LogP contribution in [0.3, 0.4) is 0 Å². The first-order valence-electron chi connectivity index (χ1n) is 9.72. The maximum absolute atomic E-state index is 13.0. The van der Waals surface area contributed by atoms with Gasteiger partial charge >= 0.3 is 12.1 Å². The molecule has 0 spiro atoms. The zero-order valence-corrected chi connectivity index (χ0v) is 17.5. The first-order chi connectivity index (χ1) is 14.4. The molecule has 0 aliphatic rings. The van der Waals surface area contributed by atoms with Gasteiger partial charge in [0.2, 0.25) is 0 Å². The highest BCUT2D eigenvalue weighted by Gasteiger charge is 2.30. The highest BCUT2D eigenvalue weighted by atomic mass is 19.4. The molecule has 0 aliphatic carbocycles. The van der Waals surface area contributed by atoms with Gasteiger partial charge in [0.1, 0.15) is 17.9 Å². The Morgan fingerprint density at radius 1 is 0.871 bits per heavy atom. The quantitative estimate of drug-likeness (QED) is 0.478. The predicted octanol–water partition coefficient (Wildman–Crippen LogP) is 6.95. The van der Waals surface area contributed by atoms with Gasteiger partial charge in [-0.3, -0.25) is 0 Å². The molecule has 0 heterocycles. The molecule has 0 fully saturated rings. The average molecular weight is 428 g/mol. The molecule has 0 atom stereocenters. The number of halogens is 3. The van der Waals surface area contributed by atoms with Crippen molar-refractivity contribution >= 4 is 5.97 Å². The number of hydrogen-bond donors (Lipinski definition) is 1. The second-order valence-electron chi connectivity index (χ2n) is 8.33. The lowest BCUT2D eigenvalue weighted by molar-refractivity contribution is -0.137. The molecule has 6 heteroatoms. The topological polar surface area (TPSA) is 46.5 Å². The van der Waals surface area contributed by atoms with Gasteiger partial charge in [-0.2, -0.15) is 13.2 Å². The summed E-state index contributed by atoms with van der Waals surface area (Å²) in [5, 5.41) is 9.58. The first-order valence-corrected chi connectivity index (χ1v) is 9.72. The number of aromatic carboxylic acids is 1. The molecule has 3 nitrogen and oxygen atoms in total. The molecular formula is C25H23F3O3. The van der Waals surface area contributed by atoms with Gasteiger partial charge in [0.15, 0.2) is 0 Å². The highest BCUT2D eigenvalue weighted by molar-refractivity contribution is 5.92. The second kappa shape index (κ2) is 8.46. The van der Waals surface area contributed by atoms with E-state index in [9.17, 15) is 23.1 Å². The van der Waals surface area contributed by atoms with Crippen LogP contribution >= 0.6 is 0 Å². The highest BCUT2D eigenvalue weighted by Crippen LogP contribution is 2.33. The summed E-state index contributed by atoms with van der Waals surface area (Å²) >= 11 is 0. The minimum absolute atomic E-state index is 0.0229. The van der Waals surface area contributed by atoms with Gasteiger partial charge < -0.3 is 9.84 Å². The number of carboxylic acids is 1. The van der Waals surface area contributed by atoms with Crippen LogP contribution in [0.25, 0.3) is 11.1 Å². The second-order valence-corrected chi connectivity index (χ2v) is 8.33. The first kappa shape index (κ1) is 22.4. The lowest BCUT2D eigenvalue weighted by atomic mass is 9.87. The fourth-order valence-electron chi connectivity index (χ4n) is 3.14. The zero-order valence-electron chi connectivity index (χ0n) is 17.5. The molecule has 3 aromatic rings.